The summed E-state index contributed by atoms with van der Waals surface area (Å²) in [6.45, 7) is 0. The van der Waals surface area contributed by atoms with Crippen LogP contribution >= 0.6 is 11.8 Å². The molecule has 0 unspecified atom stereocenters. The molecule has 5 rings (SSSR count). The van der Waals surface area contributed by atoms with E-state index in [2.05, 4.69) is 10.6 Å². The summed E-state index contributed by atoms with van der Waals surface area (Å²) in [5.74, 6) is 0.0373. The van der Waals surface area contributed by atoms with Crippen LogP contribution in [-0.2, 0) is 10.5 Å². The molecule has 3 N–H and O–H groups in total. The van der Waals surface area contributed by atoms with Gasteiger partial charge in [-0.1, -0.05) is 36.4 Å². The SMILES string of the molecule is COc1cccc(/C=C(\NC(=O)c2ccccc2)C(=O)Nc2cccc(SCc3cc4ccc(O)cc4oc3=O)c2)c1. The van der Waals surface area contributed by atoms with Gasteiger partial charge in [-0.05, 0) is 72.3 Å². The maximum atomic E-state index is 13.4. The van der Waals surface area contributed by atoms with Crippen molar-refractivity contribution in [3.8, 4) is 11.5 Å². The molecule has 9 heteroatoms. The third-order valence-electron chi connectivity index (χ3n) is 6.21. The Balaban J connectivity index is 1.34. The predicted octanol–water partition coefficient (Wildman–Crippen LogP) is 6.21. The number of hydrogen-bond acceptors (Lipinski definition) is 7. The van der Waals surface area contributed by atoms with Crippen LogP contribution in [0.25, 0.3) is 17.0 Å². The fourth-order valence-corrected chi connectivity index (χ4v) is 5.02. The van der Waals surface area contributed by atoms with E-state index in [1.54, 1.807) is 98.1 Å². The van der Waals surface area contributed by atoms with Gasteiger partial charge in [-0.3, -0.25) is 9.59 Å². The van der Waals surface area contributed by atoms with E-state index < -0.39 is 17.4 Å². The summed E-state index contributed by atoms with van der Waals surface area (Å²) in [5, 5.41) is 15.9. The van der Waals surface area contributed by atoms with Crippen molar-refractivity contribution in [1.82, 2.24) is 5.32 Å². The number of rotatable bonds is 9. The zero-order chi connectivity index (χ0) is 29.5. The highest BCUT2D eigenvalue weighted by Gasteiger charge is 2.16. The van der Waals surface area contributed by atoms with Gasteiger partial charge in [0.05, 0.1) is 7.11 Å². The molecule has 2 amide bonds. The van der Waals surface area contributed by atoms with Crippen LogP contribution in [0.2, 0.25) is 0 Å². The van der Waals surface area contributed by atoms with Crippen molar-refractivity contribution in [2.75, 3.05) is 12.4 Å². The fraction of sp³-hybridized carbons (Fsp3) is 0.0606. The van der Waals surface area contributed by atoms with Crippen LogP contribution in [0.1, 0.15) is 21.5 Å². The Morgan fingerprint density at radius 1 is 0.929 bits per heavy atom. The van der Waals surface area contributed by atoms with E-state index >= 15 is 0 Å². The normalized spacial score (nSPS) is 11.2. The second-order valence-corrected chi connectivity index (χ2v) is 10.3. The quantitative estimate of drug-likeness (QED) is 0.108. The first kappa shape index (κ1) is 28.3. The van der Waals surface area contributed by atoms with Gasteiger partial charge in [-0.15, -0.1) is 11.8 Å². The van der Waals surface area contributed by atoms with Crippen molar-refractivity contribution in [3.63, 3.8) is 0 Å². The smallest absolute Gasteiger partial charge is 0.340 e. The fourth-order valence-electron chi connectivity index (χ4n) is 4.11. The lowest BCUT2D eigenvalue weighted by molar-refractivity contribution is -0.113. The lowest BCUT2D eigenvalue weighted by Gasteiger charge is -2.12. The second kappa shape index (κ2) is 12.9. The number of aromatic hydroxyl groups is 1. The lowest BCUT2D eigenvalue weighted by atomic mass is 10.1. The summed E-state index contributed by atoms with van der Waals surface area (Å²) < 4.78 is 10.6. The number of carbonyl (C=O) groups excluding carboxylic acids is 2. The maximum absolute atomic E-state index is 13.4. The molecule has 0 saturated carbocycles. The first-order valence-electron chi connectivity index (χ1n) is 12.9. The minimum Gasteiger partial charge on any atom is -0.508 e. The van der Waals surface area contributed by atoms with Gasteiger partial charge in [-0.25, -0.2) is 4.79 Å². The number of ether oxygens (including phenoxy) is 1. The van der Waals surface area contributed by atoms with Crippen molar-refractivity contribution >= 4 is 46.3 Å². The summed E-state index contributed by atoms with van der Waals surface area (Å²) in [5.41, 5.74) is 1.95. The van der Waals surface area contributed by atoms with Crippen LogP contribution in [0.15, 0.2) is 123 Å². The van der Waals surface area contributed by atoms with Crippen LogP contribution in [0, 0.1) is 0 Å². The standard InChI is InChI=1S/C33H26N2O6S/c1-40-27-11-5-7-21(15-27)16-29(35-31(37)22-8-3-2-4-9-22)32(38)34-25-10-6-12-28(18-25)42-20-24-17-23-13-14-26(36)19-30(23)41-33(24)39/h2-19,36H,20H2,1H3,(H,34,38)(H,35,37)/b29-16-. The number of nitrogens with one attached hydrogen (secondary N) is 2. The Morgan fingerprint density at radius 2 is 1.74 bits per heavy atom. The number of phenolic OH excluding ortho intramolecular Hbond substituents is 1. The van der Waals surface area contributed by atoms with Crippen LogP contribution in [-0.4, -0.2) is 24.0 Å². The Bertz CT molecular complexity index is 1850. The van der Waals surface area contributed by atoms with Crippen molar-refractivity contribution in [3.05, 3.63) is 136 Å². The molecule has 210 valence electrons. The highest BCUT2D eigenvalue weighted by molar-refractivity contribution is 7.98. The van der Waals surface area contributed by atoms with Gasteiger partial charge in [0.2, 0.25) is 0 Å². The molecule has 0 spiro atoms. The van der Waals surface area contributed by atoms with E-state index in [1.807, 2.05) is 6.07 Å². The third-order valence-corrected chi connectivity index (χ3v) is 7.25. The zero-order valence-corrected chi connectivity index (χ0v) is 23.3. The number of methoxy groups -OCH3 is 1. The van der Waals surface area contributed by atoms with Gasteiger partial charge < -0.3 is 24.9 Å². The number of fused-ring (bicyclic) bond motifs is 1. The molecule has 5 aromatic rings. The molecule has 8 nitrogen and oxygen atoms in total. The molecule has 1 heterocycles. The number of benzene rings is 4. The van der Waals surface area contributed by atoms with E-state index in [9.17, 15) is 19.5 Å². The summed E-state index contributed by atoms with van der Waals surface area (Å²) in [6, 6.07) is 29.3. The summed E-state index contributed by atoms with van der Waals surface area (Å²) >= 11 is 1.40. The van der Waals surface area contributed by atoms with Gasteiger partial charge in [-0.2, -0.15) is 0 Å². The van der Waals surface area contributed by atoms with Crippen LogP contribution < -0.4 is 21.0 Å². The summed E-state index contributed by atoms with van der Waals surface area (Å²) in [4.78, 5) is 39.6. The average molecular weight is 579 g/mol. The number of carbonyl (C=O) groups is 2. The van der Waals surface area contributed by atoms with E-state index in [0.717, 1.165) is 4.90 Å². The topological polar surface area (TPSA) is 118 Å². The van der Waals surface area contributed by atoms with Gasteiger partial charge in [0.1, 0.15) is 22.8 Å². The summed E-state index contributed by atoms with van der Waals surface area (Å²) in [6.07, 6.45) is 1.58. The first-order chi connectivity index (χ1) is 20.4. The Kier molecular flexibility index (Phi) is 8.70. The van der Waals surface area contributed by atoms with Gasteiger partial charge in [0, 0.05) is 38.9 Å². The molecule has 42 heavy (non-hydrogen) atoms. The van der Waals surface area contributed by atoms with E-state index in [4.69, 9.17) is 9.15 Å². The number of phenols is 1. The number of hydrogen-bond donors (Lipinski definition) is 3. The van der Waals surface area contributed by atoms with Gasteiger partial charge in [0.25, 0.3) is 11.8 Å². The van der Waals surface area contributed by atoms with Crippen LogP contribution in [0.5, 0.6) is 11.5 Å². The molecule has 0 bridgehead atoms. The molecule has 0 aliphatic heterocycles. The molecule has 0 radical (unpaired) electrons. The Morgan fingerprint density at radius 3 is 2.55 bits per heavy atom. The molecule has 0 atom stereocenters. The number of thioether (sulfide) groups is 1. The highest BCUT2D eigenvalue weighted by atomic mass is 32.2. The van der Waals surface area contributed by atoms with Gasteiger partial charge >= 0.3 is 5.63 Å². The number of anilines is 1. The predicted molar refractivity (Wildman–Crippen MR) is 164 cm³/mol. The molecule has 0 fully saturated rings. The second-order valence-electron chi connectivity index (χ2n) is 9.21. The molecular formula is C33H26N2O6S. The number of amides is 2. The van der Waals surface area contributed by atoms with Crippen LogP contribution in [0.4, 0.5) is 5.69 Å². The monoisotopic (exact) mass is 578 g/mol. The molecular weight excluding hydrogens is 552 g/mol. The summed E-state index contributed by atoms with van der Waals surface area (Å²) in [7, 11) is 1.55. The van der Waals surface area contributed by atoms with Crippen molar-refractivity contribution in [1.29, 1.82) is 0 Å². The lowest BCUT2D eigenvalue weighted by Crippen LogP contribution is -2.30. The van der Waals surface area contributed by atoms with Crippen molar-refractivity contribution in [2.45, 2.75) is 10.6 Å². The third kappa shape index (κ3) is 7.07. The maximum Gasteiger partial charge on any atom is 0.340 e. The molecule has 4 aromatic carbocycles. The first-order valence-corrected chi connectivity index (χ1v) is 13.9. The Hall–Kier alpha value is -5.28. The Labute approximate surface area is 245 Å². The minimum atomic E-state index is -0.511. The van der Waals surface area contributed by atoms with Crippen LogP contribution in [0.3, 0.4) is 0 Å². The highest BCUT2D eigenvalue weighted by Crippen LogP contribution is 2.27. The van der Waals surface area contributed by atoms with Gasteiger partial charge in [0.15, 0.2) is 0 Å². The average Bonchev–Trinajstić information content (AvgIpc) is 3.00. The largest absolute Gasteiger partial charge is 0.508 e. The molecule has 0 aliphatic rings. The van der Waals surface area contributed by atoms with E-state index in [-0.39, 0.29) is 11.4 Å². The molecule has 0 saturated heterocycles. The van der Waals surface area contributed by atoms with Crippen molar-refractivity contribution < 1.29 is 23.8 Å². The molecule has 0 aliphatic carbocycles. The molecule has 1 aromatic heterocycles. The van der Waals surface area contributed by atoms with E-state index in [1.165, 1.54) is 23.9 Å². The van der Waals surface area contributed by atoms with E-state index in [0.29, 0.717) is 44.8 Å². The zero-order valence-electron chi connectivity index (χ0n) is 22.5. The minimum absolute atomic E-state index is 0.0211. The van der Waals surface area contributed by atoms with Crippen molar-refractivity contribution in [2.24, 2.45) is 0 Å².